The van der Waals surface area contributed by atoms with Crippen molar-refractivity contribution in [3.63, 3.8) is 0 Å². The van der Waals surface area contributed by atoms with Gasteiger partial charge in [0, 0.05) is 21.8 Å². The predicted octanol–water partition coefficient (Wildman–Crippen LogP) is 4.50. The molecule has 0 N–H and O–H groups in total. The van der Waals surface area contributed by atoms with Crippen molar-refractivity contribution in [2.45, 2.75) is 6.92 Å². The number of benzene rings is 2. The maximum Gasteiger partial charge on any atom is 0.161 e. The summed E-state index contributed by atoms with van der Waals surface area (Å²) in [6.45, 7) is 1.56. The second-order valence-corrected chi connectivity index (χ2v) is 5.67. The van der Waals surface area contributed by atoms with Crippen molar-refractivity contribution in [2.24, 2.45) is 0 Å². The Morgan fingerprint density at radius 3 is 2.57 bits per heavy atom. The second kappa shape index (κ2) is 5.66. The van der Waals surface area contributed by atoms with Gasteiger partial charge in [0.05, 0.1) is 11.9 Å². The molecule has 0 saturated carbocycles. The third kappa shape index (κ3) is 2.81. The topological polar surface area (TPSA) is 34.9 Å². The van der Waals surface area contributed by atoms with Gasteiger partial charge in [-0.2, -0.15) is 5.10 Å². The van der Waals surface area contributed by atoms with Crippen LogP contribution >= 0.6 is 15.9 Å². The molecule has 104 valence electrons. The lowest BCUT2D eigenvalue weighted by Crippen LogP contribution is -2.03. The molecule has 0 atom stereocenters. The van der Waals surface area contributed by atoms with Gasteiger partial charge < -0.3 is 0 Å². The maximum atomic E-state index is 11.8. The molecule has 1 aromatic heterocycles. The number of carbonyl (C=O) groups is 1. The summed E-state index contributed by atoms with van der Waals surface area (Å²) >= 11 is 3.44. The fourth-order valence-corrected chi connectivity index (χ4v) is 2.58. The largest absolute Gasteiger partial charge is 0.294 e. The molecule has 0 aliphatic carbocycles. The van der Waals surface area contributed by atoms with E-state index in [0.29, 0.717) is 5.56 Å². The van der Waals surface area contributed by atoms with Crippen LogP contribution in [0.25, 0.3) is 16.8 Å². The standard InChI is InChI=1S/C17H13BrN2O/c1-12(21)16-8-7-15(18)9-17(16)20-11-14(10-19-20)13-5-3-2-4-6-13/h2-11H,1H3. The molecule has 0 aliphatic rings. The summed E-state index contributed by atoms with van der Waals surface area (Å²) in [7, 11) is 0. The van der Waals surface area contributed by atoms with E-state index in [0.717, 1.165) is 21.3 Å². The summed E-state index contributed by atoms with van der Waals surface area (Å²) in [5, 5.41) is 4.39. The molecule has 0 radical (unpaired) electrons. The number of halogens is 1. The summed E-state index contributed by atoms with van der Waals surface area (Å²) in [4.78, 5) is 11.8. The highest BCUT2D eigenvalue weighted by molar-refractivity contribution is 9.10. The zero-order valence-electron chi connectivity index (χ0n) is 11.5. The first-order valence-corrected chi connectivity index (χ1v) is 7.35. The molecule has 0 amide bonds. The molecular weight excluding hydrogens is 328 g/mol. The maximum absolute atomic E-state index is 11.8. The molecule has 21 heavy (non-hydrogen) atoms. The lowest BCUT2D eigenvalue weighted by Gasteiger charge is -2.07. The van der Waals surface area contributed by atoms with Gasteiger partial charge >= 0.3 is 0 Å². The van der Waals surface area contributed by atoms with E-state index < -0.39 is 0 Å². The molecule has 2 aromatic carbocycles. The minimum atomic E-state index is 0.0225. The summed E-state index contributed by atoms with van der Waals surface area (Å²) in [6, 6.07) is 15.6. The molecule has 0 fully saturated rings. The lowest BCUT2D eigenvalue weighted by atomic mass is 10.1. The number of rotatable bonds is 3. The van der Waals surface area contributed by atoms with Crippen LogP contribution in [-0.2, 0) is 0 Å². The van der Waals surface area contributed by atoms with Gasteiger partial charge in [-0.15, -0.1) is 0 Å². The molecule has 1 heterocycles. The molecule has 0 saturated heterocycles. The number of hydrogen-bond donors (Lipinski definition) is 0. The first-order valence-electron chi connectivity index (χ1n) is 6.56. The Hall–Kier alpha value is -2.20. The molecule has 0 unspecified atom stereocenters. The summed E-state index contributed by atoms with van der Waals surface area (Å²) in [5.41, 5.74) is 3.55. The molecule has 4 heteroatoms. The first kappa shape index (κ1) is 13.8. The van der Waals surface area contributed by atoms with Crippen LogP contribution in [0.15, 0.2) is 65.4 Å². The Kier molecular flexibility index (Phi) is 3.71. The van der Waals surface area contributed by atoms with E-state index in [9.17, 15) is 4.79 Å². The van der Waals surface area contributed by atoms with Crippen molar-refractivity contribution < 1.29 is 4.79 Å². The minimum absolute atomic E-state index is 0.0225. The number of aromatic nitrogens is 2. The van der Waals surface area contributed by atoms with Crippen molar-refractivity contribution in [1.82, 2.24) is 9.78 Å². The van der Waals surface area contributed by atoms with Gasteiger partial charge in [0.25, 0.3) is 0 Å². The van der Waals surface area contributed by atoms with Gasteiger partial charge in [-0.3, -0.25) is 4.79 Å². The predicted molar refractivity (Wildman–Crippen MR) is 86.7 cm³/mol. The van der Waals surface area contributed by atoms with Crippen LogP contribution in [0.5, 0.6) is 0 Å². The molecule has 3 rings (SSSR count). The Bertz CT molecular complexity index is 794. The zero-order valence-corrected chi connectivity index (χ0v) is 13.0. The lowest BCUT2D eigenvalue weighted by molar-refractivity contribution is 0.101. The minimum Gasteiger partial charge on any atom is -0.294 e. The Morgan fingerprint density at radius 2 is 1.86 bits per heavy atom. The number of carbonyl (C=O) groups excluding carboxylic acids is 1. The van der Waals surface area contributed by atoms with Gasteiger partial charge in [-0.1, -0.05) is 46.3 Å². The van der Waals surface area contributed by atoms with E-state index in [-0.39, 0.29) is 5.78 Å². The summed E-state index contributed by atoms with van der Waals surface area (Å²) in [6.07, 6.45) is 3.74. The highest BCUT2D eigenvalue weighted by Gasteiger charge is 2.11. The van der Waals surface area contributed by atoms with E-state index in [2.05, 4.69) is 21.0 Å². The fraction of sp³-hybridized carbons (Fsp3) is 0.0588. The summed E-state index contributed by atoms with van der Waals surface area (Å²) in [5.74, 6) is 0.0225. The third-order valence-electron chi connectivity index (χ3n) is 3.28. The monoisotopic (exact) mass is 340 g/mol. The van der Waals surface area contributed by atoms with Crippen LogP contribution in [0.2, 0.25) is 0 Å². The Labute approximate surface area is 131 Å². The molecular formula is C17H13BrN2O. The Balaban J connectivity index is 2.08. The van der Waals surface area contributed by atoms with E-state index in [1.807, 2.05) is 54.7 Å². The molecule has 3 aromatic rings. The van der Waals surface area contributed by atoms with Gasteiger partial charge in [0.15, 0.2) is 5.78 Å². The highest BCUT2D eigenvalue weighted by atomic mass is 79.9. The van der Waals surface area contributed by atoms with Crippen molar-refractivity contribution in [3.8, 4) is 16.8 Å². The zero-order chi connectivity index (χ0) is 14.8. The average molecular weight is 341 g/mol. The average Bonchev–Trinajstić information content (AvgIpc) is 2.97. The van der Waals surface area contributed by atoms with Crippen LogP contribution in [0.3, 0.4) is 0 Å². The SMILES string of the molecule is CC(=O)c1ccc(Br)cc1-n1cc(-c2ccccc2)cn1. The van der Waals surface area contributed by atoms with E-state index in [1.54, 1.807) is 17.8 Å². The van der Waals surface area contributed by atoms with Gasteiger partial charge in [-0.05, 0) is 30.7 Å². The highest BCUT2D eigenvalue weighted by Crippen LogP contribution is 2.24. The number of hydrogen-bond acceptors (Lipinski definition) is 2. The Morgan fingerprint density at radius 1 is 1.10 bits per heavy atom. The molecule has 0 spiro atoms. The smallest absolute Gasteiger partial charge is 0.161 e. The fourth-order valence-electron chi connectivity index (χ4n) is 2.23. The van der Waals surface area contributed by atoms with Crippen molar-refractivity contribution in [2.75, 3.05) is 0 Å². The summed E-state index contributed by atoms with van der Waals surface area (Å²) < 4.78 is 2.66. The van der Waals surface area contributed by atoms with Crippen LogP contribution in [0.4, 0.5) is 0 Å². The van der Waals surface area contributed by atoms with Crippen LogP contribution < -0.4 is 0 Å². The van der Waals surface area contributed by atoms with E-state index in [4.69, 9.17) is 0 Å². The van der Waals surface area contributed by atoms with Crippen molar-refractivity contribution in [1.29, 1.82) is 0 Å². The number of nitrogens with zero attached hydrogens (tertiary/aromatic N) is 2. The van der Waals surface area contributed by atoms with Gasteiger partial charge in [0.2, 0.25) is 0 Å². The van der Waals surface area contributed by atoms with Crippen LogP contribution in [0, 0.1) is 0 Å². The third-order valence-corrected chi connectivity index (χ3v) is 3.77. The van der Waals surface area contributed by atoms with E-state index in [1.165, 1.54) is 0 Å². The second-order valence-electron chi connectivity index (χ2n) is 4.76. The first-order chi connectivity index (χ1) is 10.1. The molecule has 0 bridgehead atoms. The van der Waals surface area contributed by atoms with Crippen LogP contribution in [0.1, 0.15) is 17.3 Å². The number of Topliss-reactive ketones (excluding diaryl/α,β-unsaturated/α-hetero) is 1. The van der Waals surface area contributed by atoms with Crippen LogP contribution in [-0.4, -0.2) is 15.6 Å². The molecule has 3 nitrogen and oxygen atoms in total. The van der Waals surface area contributed by atoms with E-state index >= 15 is 0 Å². The van der Waals surface area contributed by atoms with Crippen molar-refractivity contribution >= 4 is 21.7 Å². The van der Waals surface area contributed by atoms with Gasteiger partial charge in [0.1, 0.15) is 0 Å². The van der Waals surface area contributed by atoms with Crippen molar-refractivity contribution in [3.05, 3.63) is 71.0 Å². The van der Waals surface area contributed by atoms with Gasteiger partial charge in [-0.25, -0.2) is 4.68 Å². The molecule has 0 aliphatic heterocycles. The normalized spacial score (nSPS) is 10.6. The number of ketones is 1. The quantitative estimate of drug-likeness (QED) is 0.657.